The van der Waals surface area contributed by atoms with E-state index in [2.05, 4.69) is 18.8 Å². The van der Waals surface area contributed by atoms with E-state index in [0.717, 1.165) is 28.1 Å². The molecule has 0 saturated carbocycles. The van der Waals surface area contributed by atoms with Crippen LogP contribution in [0.1, 0.15) is 31.9 Å². The molecule has 0 radical (unpaired) electrons. The third kappa shape index (κ3) is 4.38. The molecule has 0 fully saturated rings. The van der Waals surface area contributed by atoms with E-state index in [9.17, 15) is 0 Å². The van der Waals surface area contributed by atoms with E-state index in [1.807, 2.05) is 58.0 Å². The van der Waals surface area contributed by atoms with Crippen LogP contribution in [0.25, 0.3) is 0 Å². The molecule has 1 rings (SSSR count). The molecule has 4 heteroatoms. The molecule has 0 spiro atoms. The molecule has 0 aliphatic rings. The molecule has 120 valence electrons. The van der Waals surface area contributed by atoms with Crippen LogP contribution in [0.3, 0.4) is 0 Å². The van der Waals surface area contributed by atoms with Crippen molar-refractivity contribution in [3.8, 4) is 0 Å². The summed E-state index contributed by atoms with van der Waals surface area (Å²) in [7, 11) is 3.84. The Kier molecular flexibility index (Phi) is 6.24. The standard InChI is InChI=1S/C18H26ClN3/c1-11(2)13(4)21-16-10-15(9-8-12(16)3)18(20)17(19)14(5)22(6)7/h8-10,13,20-21H,1H2,2-7H3/b17-14+,20-18?. The molecular formula is C18H26ClN3. The Bertz CT molecular complexity index is 615. The number of benzene rings is 1. The fraction of sp³-hybridized carbons (Fsp3) is 0.389. The molecule has 2 N–H and O–H groups in total. The molecule has 0 aliphatic carbocycles. The second-order valence-corrected chi connectivity index (χ2v) is 6.29. The second kappa shape index (κ2) is 7.50. The lowest BCUT2D eigenvalue weighted by molar-refractivity contribution is 0.513. The number of nitrogens with zero attached hydrogens (tertiary/aromatic N) is 1. The smallest absolute Gasteiger partial charge is 0.0849 e. The topological polar surface area (TPSA) is 39.1 Å². The summed E-state index contributed by atoms with van der Waals surface area (Å²) < 4.78 is 0. The quantitative estimate of drug-likeness (QED) is 0.585. The van der Waals surface area contributed by atoms with Crippen molar-refractivity contribution in [2.24, 2.45) is 0 Å². The molecule has 1 aromatic carbocycles. The number of aryl methyl sites for hydroxylation is 1. The molecule has 1 aromatic rings. The van der Waals surface area contributed by atoms with Crippen LogP contribution in [0.4, 0.5) is 5.69 Å². The summed E-state index contributed by atoms with van der Waals surface area (Å²) in [4.78, 5) is 1.91. The first-order valence-electron chi connectivity index (χ1n) is 7.30. The van der Waals surface area contributed by atoms with Gasteiger partial charge in [0.1, 0.15) is 0 Å². The van der Waals surface area contributed by atoms with Gasteiger partial charge in [-0.3, -0.25) is 5.41 Å². The largest absolute Gasteiger partial charge is 0.380 e. The fourth-order valence-electron chi connectivity index (χ4n) is 1.79. The first-order chi connectivity index (χ1) is 10.1. The SMILES string of the molecule is C=C(C)C(C)Nc1cc(C(=N)/C(Cl)=C(/C)N(C)C)ccc1C. The Morgan fingerprint density at radius 1 is 1.32 bits per heavy atom. The van der Waals surface area contributed by atoms with Crippen molar-refractivity contribution in [1.82, 2.24) is 4.90 Å². The lowest BCUT2D eigenvalue weighted by Crippen LogP contribution is -2.17. The Labute approximate surface area is 139 Å². The number of anilines is 1. The van der Waals surface area contributed by atoms with Crippen molar-refractivity contribution in [2.45, 2.75) is 33.7 Å². The maximum absolute atomic E-state index is 8.33. The van der Waals surface area contributed by atoms with Crippen LogP contribution in [0, 0.1) is 12.3 Å². The summed E-state index contributed by atoms with van der Waals surface area (Å²) in [5.41, 5.74) is 5.21. The van der Waals surface area contributed by atoms with E-state index in [-0.39, 0.29) is 6.04 Å². The summed E-state index contributed by atoms with van der Waals surface area (Å²) in [6.07, 6.45) is 0. The van der Waals surface area contributed by atoms with Crippen molar-refractivity contribution >= 4 is 23.0 Å². The van der Waals surface area contributed by atoms with E-state index in [4.69, 9.17) is 17.0 Å². The van der Waals surface area contributed by atoms with Crippen molar-refractivity contribution in [3.05, 3.63) is 52.2 Å². The molecule has 3 nitrogen and oxygen atoms in total. The molecule has 22 heavy (non-hydrogen) atoms. The predicted molar refractivity (Wildman–Crippen MR) is 98.1 cm³/mol. The van der Waals surface area contributed by atoms with Gasteiger partial charge in [0, 0.05) is 37.1 Å². The third-order valence-electron chi connectivity index (χ3n) is 3.85. The second-order valence-electron chi connectivity index (χ2n) is 5.91. The molecule has 1 unspecified atom stereocenters. The van der Waals surface area contributed by atoms with Gasteiger partial charge in [-0.05, 0) is 39.3 Å². The Morgan fingerprint density at radius 2 is 1.91 bits per heavy atom. The molecule has 0 amide bonds. The molecule has 0 aromatic heterocycles. The first kappa shape index (κ1) is 18.3. The van der Waals surface area contributed by atoms with Gasteiger partial charge in [-0.25, -0.2) is 0 Å². The van der Waals surface area contributed by atoms with Crippen LogP contribution < -0.4 is 5.32 Å². The molecule has 0 heterocycles. The summed E-state index contributed by atoms with van der Waals surface area (Å²) >= 11 is 6.34. The zero-order valence-electron chi connectivity index (χ0n) is 14.3. The Hall–Kier alpha value is -1.74. The first-order valence-corrected chi connectivity index (χ1v) is 7.68. The van der Waals surface area contributed by atoms with Gasteiger partial charge in [0.15, 0.2) is 0 Å². The van der Waals surface area contributed by atoms with E-state index < -0.39 is 0 Å². The van der Waals surface area contributed by atoms with E-state index in [0.29, 0.717) is 10.7 Å². The van der Waals surface area contributed by atoms with Gasteiger partial charge < -0.3 is 10.2 Å². The van der Waals surface area contributed by atoms with E-state index in [1.54, 1.807) is 0 Å². The molecule has 1 atom stereocenters. The fourth-order valence-corrected chi connectivity index (χ4v) is 2.07. The number of allylic oxidation sites excluding steroid dienone is 2. The van der Waals surface area contributed by atoms with Crippen LogP contribution in [-0.2, 0) is 0 Å². The summed E-state index contributed by atoms with van der Waals surface area (Å²) in [6, 6.07) is 6.09. The predicted octanol–water partition coefficient (Wildman–Crippen LogP) is 4.77. The van der Waals surface area contributed by atoms with Gasteiger partial charge in [-0.2, -0.15) is 0 Å². The Balaban J connectivity index is 3.15. The monoisotopic (exact) mass is 319 g/mol. The number of nitrogens with one attached hydrogen (secondary N) is 2. The highest BCUT2D eigenvalue weighted by Gasteiger charge is 2.13. The van der Waals surface area contributed by atoms with Gasteiger partial charge in [0.2, 0.25) is 0 Å². The highest BCUT2D eigenvalue weighted by molar-refractivity contribution is 6.46. The lowest BCUT2D eigenvalue weighted by Gasteiger charge is -2.19. The normalized spacial score (nSPS) is 13.2. The number of rotatable bonds is 6. The zero-order chi connectivity index (χ0) is 17.0. The van der Waals surface area contributed by atoms with E-state index in [1.165, 1.54) is 0 Å². The average molecular weight is 320 g/mol. The van der Waals surface area contributed by atoms with Gasteiger partial charge in [0.25, 0.3) is 0 Å². The number of halogens is 1. The number of hydrogen-bond donors (Lipinski definition) is 2. The maximum Gasteiger partial charge on any atom is 0.0849 e. The minimum absolute atomic E-state index is 0.178. The lowest BCUT2D eigenvalue weighted by atomic mass is 10.0. The number of hydrogen-bond acceptors (Lipinski definition) is 3. The van der Waals surface area contributed by atoms with Crippen LogP contribution in [0.5, 0.6) is 0 Å². The van der Waals surface area contributed by atoms with Crippen LogP contribution >= 0.6 is 11.6 Å². The Morgan fingerprint density at radius 3 is 2.41 bits per heavy atom. The van der Waals surface area contributed by atoms with Crippen molar-refractivity contribution < 1.29 is 0 Å². The molecule has 0 bridgehead atoms. The minimum Gasteiger partial charge on any atom is -0.380 e. The summed E-state index contributed by atoms with van der Waals surface area (Å²) in [5.74, 6) is 0. The van der Waals surface area contributed by atoms with Gasteiger partial charge in [-0.15, -0.1) is 0 Å². The summed E-state index contributed by atoms with van der Waals surface area (Å²) in [5, 5.41) is 12.2. The summed E-state index contributed by atoms with van der Waals surface area (Å²) in [6.45, 7) is 12.0. The third-order valence-corrected chi connectivity index (χ3v) is 4.31. The van der Waals surface area contributed by atoms with Crippen molar-refractivity contribution in [2.75, 3.05) is 19.4 Å². The van der Waals surface area contributed by atoms with Crippen LogP contribution in [0.2, 0.25) is 0 Å². The van der Waals surface area contributed by atoms with Gasteiger partial charge >= 0.3 is 0 Å². The highest BCUT2D eigenvalue weighted by Crippen LogP contribution is 2.23. The van der Waals surface area contributed by atoms with Crippen molar-refractivity contribution in [1.29, 1.82) is 5.41 Å². The highest BCUT2D eigenvalue weighted by atomic mass is 35.5. The zero-order valence-corrected chi connectivity index (χ0v) is 15.1. The minimum atomic E-state index is 0.178. The van der Waals surface area contributed by atoms with Crippen molar-refractivity contribution in [3.63, 3.8) is 0 Å². The maximum atomic E-state index is 8.33. The van der Waals surface area contributed by atoms with Gasteiger partial charge in [-0.1, -0.05) is 35.9 Å². The molecular weight excluding hydrogens is 294 g/mol. The van der Waals surface area contributed by atoms with Crippen LogP contribution in [-0.4, -0.2) is 30.7 Å². The molecule has 0 aliphatic heterocycles. The van der Waals surface area contributed by atoms with E-state index >= 15 is 0 Å². The average Bonchev–Trinajstić information content (AvgIpc) is 2.46. The van der Waals surface area contributed by atoms with Crippen LogP contribution in [0.15, 0.2) is 41.1 Å². The van der Waals surface area contributed by atoms with Gasteiger partial charge in [0.05, 0.1) is 10.7 Å². The molecule has 0 saturated heterocycles.